The maximum Gasteiger partial charge on any atom is 0.225 e. The van der Waals surface area contributed by atoms with E-state index in [-0.39, 0.29) is 28.6 Å². The number of β-amino-alcohol motifs (C(OH)–C–C–N with tert-alkyl or cyclic N) is 1. The molecule has 5 heteroatoms. The van der Waals surface area contributed by atoms with Crippen molar-refractivity contribution in [1.29, 1.82) is 0 Å². The summed E-state index contributed by atoms with van der Waals surface area (Å²) >= 11 is 0. The van der Waals surface area contributed by atoms with Crippen molar-refractivity contribution < 1.29 is 14.7 Å². The van der Waals surface area contributed by atoms with E-state index in [1.54, 1.807) is 0 Å². The Morgan fingerprint density at radius 3 is 2.42 bits per heavy atom. The first kappa shape index (κ1) is 25.8. The largest absolute Gasteiger partial charge is 0.387 e. The van der Waals surface area contributed by atoms with Gasteiger partial charge in [0, 0.05) is 42.8 Å². The third-order valence-electron chi connectivity index (χ3n) is 10.3. The molecule has 4 aliphatic rings. The second kappa shape index (κ2) is 10.1. The maximum atomic E-state index is 13.5. The molecule has 1 aromatic carbocycles. The van der Waals surface area contributed by atoms with Crippen molar-refractivity contribution in [3.63, 3.8) is 0 Å². The highest BCUT2D eigenvalue weighted by Gasteiger charge is 2.57. The number of hydrogen-bond donors (Lipinski definition) is 1. The summed E-state index contributed by atoms with van der Waals surface area (Å²) in [4.78, 5) is 30.7. The number of aliphatic hydroxyl groups is 1. The number of piperidine rings is 1. The summed E-state index contributed by atoms with van der Waals surface area (Å²) in [6.07, 6.45) is 12.7. The van der Waals surface area contributed by atoms with Gasteiger partial charge in [0.15, 0.2) is 0 Å². The lowest BCUT2D eigenvalue weighted by molar-refractivity contribution is -0.167. The first-order chi connectivity index (χ1) is 17.2. The van der Waals surface area contributed by atoms with Gasteiger partial charge in [0.1, 0.15) is 0 Å². The number of nitrogens with zero attached hydrogens (tertiary/aromatic N) is 2. The Balaban J connectivity index is 1.28. The van der Waals surface area contributed by atoms with E-state index < -0.39 is 5.60 Å². The summed E-state index contributed by atoms with van der Waals surface area (Å²) in [5.41, 5.74) is -0.249. The smallest absolute Gasteiger partial charge is 0.225 e. The molecule has 0 radical (unpaired) electrons. The van der Waals surface area contributed by atoms with Crippen molar-refractivity contribution in [3.05, 3.63) is 35.9 Å². The molecular weight excluding hydrogens is 448 g/mol. The number of likely N-dealkylation sites (tertiary alicyclic amines) is 2. The highest BCUT2D eigenvalue weighted by atomic mass is 16.3. The van der Waals surface area contributed by atoms with Gasteiger partial charge in [-0.05, 0) is 37.2 Å². The molecule has 5 rings (SSSR count). The molecule has 2 aliphatic carbocycles. The predicted molar refractivity (Wildman–Crippen MR) is 142 cm³/mol. The Morgan fingerprint density at radius 2 is 1.72 bits per heavy atom. The Labute approximate surface area is 217 Å². The van der Waals surface area contributed by atoms with E-state index in [0.29, 0.717) is 44.9 Å². The lowest BCUT2D eigenvalue weighted by atomic mass is 9.65. The van der Waals surface area contributed by atoms with Crippen molar-refractivity contribution >= 4 is 11.8 Å². The van der Waals surface area contributed by atoms with Crippen LogP contribution < -0.4 is 0 Å². The highest BCUT2D eigenvalue weighted by molar-refractivity contribution is 5.81. The number of rotatable bonds is 6. The van der Waals surface area contributed by atoms with Crippen LogP contribution in [0.3, 0.4) is 0 Å². The van der Waals surface area contributed by atoms with Crippen LogP contribution in [0, 0.1) is 17.3 Å². The van der Waals surface area contributed by atoms with Gasteiger partial charge in [-0.2, -0.15) is 0 Å². The number of benzene rings is 1. The fraction of sp³-hybridized carbons (Fsp3) is 0.742. The molecular formula is C31H46N2O3. The molecule has 2 saturated carbocycles. The van der Waals surface area contributed by atoms with E-state index >= 15 is 0 Å². The van der Waals surface area contributed by atoms with Crippen molar-refractivity contribution in [2.45, 2.75) is 102 Å². The number of carbonyl (C=O) groups excluding carboxylic acids is 2. The number of carbonyl (C=O) groups is 2. The van der Waals surface area contributed by atoms with Crippen LogP contribution in [0.4, 0.5) is 0 Å². The lowest BCUT2D eigenvalue weighted by Gasteiger charge is -2.53. The van der Waals surface area contributed by atoms with Gasteiger partial charge in [0.05, 0.1) is 12.1 Å². The molecule has 5 nitrogen and oxygen atoms in total. The minimum Gasteiger partial charge on any atom is -0.387 e. The normalized spacial score (nSPS) is 31.8. The quantitative estimate of drug-likeness (QED) is 0.583. The van der Waals surface area contributed by atoms with E-state index in [2.05, 4.69) is 30.9 Å². The monoisotopic (exact) mass is 494 g/mol. The van der Waals surface area contributed by atoms with E-state index in [0.717, 1.165) is 32.1 Å². The molecule has 2 saturated heterocycles. The van der Waals surface area contributed by atoms with Gasteiger partial charge in [-0.25, -0.2) is 0 Å². The second-order valence-electron chi connectivity index (χ2n) is 13.0. The third kappa shape index (κ3) is 4.85. The van der Waals surface area contributed by atoms with Crippen LogP contribution in [-0.4, -0.2) is 58.5 Å². The molecule has 198 valence electrons. The van der Waals surface area contributed by atoms with Gasteiger partial charge in [-0.1, -0.05) is 89.1 Å². The molecule has 2 aliphatic heterocycles. The molecule has 36 heavy (non-hydrogen) atoms. The van der Waals surface area contributed by atoms with Gasteiger partial charge >= 0.3 is 0 Å². The zero-order chi connectivity index (χ0) is 25.4. The van der Waals surface area contributed by atoms with Crippen LogP contribution in [0.1, 0.15) is 96.5 Å². The minimum atomic E-state index is -0.926. The van der Waals surface area contributed by atoms with E-state index in [1.807, 2.05) is 23.1 Å². The number of hydrogen-bond acceptors (Lipinski definition) is 3. The maximum absolute atomic E-state index is 13.5. The molecule has 0 unspecified atom stereocenters. The van der Waals surface area contributed by atoms with Crippen molar-refractivity contribution in [2.75, 3.05) is 26.2 Å². The molecule has 0 bridgehead atoms. The van der Waals surface area contributed by atoms with Crippen molar-refractivity contribution in [2.24, 2.45) is 17.3 Å². The summed E-state index contributed by atoms with van der Waals surface area (Å²) in [7, 11) is 0. The fourth-order valence-electron chi connectivity index (χ4n) is 8.13. The standard InChI is InChI=1S/C31H46N2O3/c1-24(19-25-11-5-3-6-12-25)28(35)32-18-17-31(36,30(22-32)15-9-10-16-30)23-33-21-29(2,20-27(33)34)26-13-7-4-8-14-26/h4,7-8,13-14,24-25,36H,3,5-6,9-12,15-23H2,1-2H3/t24-,29-,31-/m1/s1. The molecule has 4 fully saturated rings. The van der Waals surface area contributed by atoms with Gasteiger partial charge in [-0.3, -0.25) is 9.59 Å². The topological polar surface area (TPSA) is 60.9 Å². The predicted octanol–water partition coefficient (Wildman–Crippen LogP) is 5.31. The molecule has 2 amide bonds. The fourth-order valence-corrected chi connectivity index (χ4v) is 8.13. The molecule has 0 aromatic heterocycles. The van der Waals surface area contributed by atoms with Crippen LogP contribution >= 0.6 is 0 Å². The zero-order valence-corrected chi connectivity index (χ0v) is 22.5. The van der Waals surface area contributed by atoms with Crippen molar-refractivity contribution in [1.82, 2.24) is 9.80 Å². The first-order valence-electron chi connectivity index (χ1n) is 14.6. The van der Waals surface area contributed by atoms with Crippen LogP contribution in [-0.2, 0) is 15.0 Å². The van der Waals surface area contributed by atoms with Gasteiger partial charge in [-0.15, -0.1) is 0 Å². The molecule has 2 heterocycles. The van der Waals surface area contributed by atoms with Crippen LogP contribution in [0.2, 0.25) is 0 Å². The SMILES string of the molecule is C[C@H](CC1CCCCC1)C(=O)N1CC[C@@](O)(CN2C[C@](C)(c3ccccc3)CC2=O)C2(CCCC2)C1. The summed E-state index contributed by atoms with van der Waals surface area (Å²) in [5.74, 6) is 1.18. The highest BCUT2D eigenvalue weighted by Crippen LogP contribution is 2.52. The van der Waals surface area contributed by atoms with Crippen LogP contribution in [0.5, 0.6) is 0 Å². The summed E-state index contributed by atoms with van der Waals surface area (Å²) in [5, 5.41) is 12.2. The first-order valence-corrected chi connectivity index (χ1v) is 14.6. The summed E-state index contributed by atoms with van der Waals surface area (Å²) in [6.45, 7) is 6.58. The number of amides is 2. The van der Waals surface area contributed by atoms with E-state index in [9.17, 15) is 14.7 Å². The summed E-state index contributed by atoms with van der Waals surface area (Å²) in [6, 6.07) is 10.3. The third-order valence-corrected chi connectivity index (χ3v) is 10.3. The average Bonchev–Trinajstić information content (AvgIpc) is 3.47. The lowest BCUT2D eigenvalue weighted by Crippen LogP contribution is -2.64. The molecule has 1 aromatic rings. The summed E-state index contributed by atoms with van der Waals surface area (Å²) < 4.78 is 0. The van der Waals surface area contributed by atoms with Crippen molar-refractivity contribution in [3.8, 4) is 0 Å². The van der Waals surface area contributed by atoms with E-state index in [4.69, 9.17) is 0 Å². The van der Waals surface area contributed by atoms with Gasteiger partial charge < -0.3 is 14.9 Å². The van der Waals surface area contributed by atoms with E-state index in [1.165, 1.54) is 37.7 Å². The Bertz CT molecular complexity index is 936. The second-order valence-corrected chi connectivity index (χ2v) is 13.0. The Morgan fingerprint density at radius 1 is 1.03 bits per heavy atom. The Hall–Kier alpha value is -1.88. The Kier molecular flexibility index (Phi) is 7.24. The molecule has 1 spiro atoms. The molecule has 3 atom stereocenters. The van der Waals surface area contributed by atoms with Crippen LogP contribution in [0.25, 0.3) is 0 Å². The van der Waals surface area contributed by atoms with Gasteiger partial charge in [0.2, 0.25) is 11.8 Å². The minimum absolute atomic E-state index is 0.0597. The zero-order valence-electron chi connectivity index (χ0n) is 22.5. The average molecular weight is 495 g/mol. The van der Waals surface area contributed by atoms with Crippen LogP contribution in [0.15, 0.2) is 30.3 Å². The molecule has 1 N–H and O–H groups in total. The van der Waals surface area contributed by atoms with Gasteiger partial charge in [0.25, 0.3) is 0 Å².